The van der Waals surface area contributed by atoms with E-state index in [1.807, 2.05) is 73.7 Å². The zero-order valence-corrected chi connectivity index (χ0v) is 22.7. The number of hydrogen-bond acceptors (Lipinski definition) is 7. The second kappa shape index (κ2) is 14.0. The van der Waals surface area contributed by atoms with Gasteiger partial charge >= 0.3 is 17.9 Å². The number of carbonyl (C=O) groups is 4. The summed E-state index contributed by atoms with van der Waals surface area (Å²) in [6, 6.07) is 26.8. The number of aliphatic carboxylic acids is 1. The Labute approximate surface area is 233 Å². The third-order valence-corrected chi connectivity index (χ3v) is 6.37. The van der Waals surface area contributed by atoms with E-state index < -0.39 is 24.3 Å². The van der Waals surface area contributed by atoms with E-state index in [-0.39, 0.29) is 29.9 Å². The summed E-state index contributed by atoms with van der Waals surface area (Å²) in [5, 5.41) is 7.87. The summed E-state index contributed by atoms with van der Waals surface area (Å²) in [6.45, 7) is 5.01. The van der Waals surface area contributed by atoms with Crippen molar-refractivity contribution in [1.82, 2.24) is 4.90 Å². The maximum Gasteiger partial charge on any atom is 0.330 e. The molecule has 5 rings (SSSR count). The van der Waals surface area contributed by atoms with Gasteiger partial charge in [0.25, 0.3) is 5.91 Å². The fourth-order valence-corrected chi connectivity index (χ4v) is 4.03. The van der Waals surface area contributed by atoms with Gasteiger partial charge in [0.1, 0.15) is 18.2 Å². The van der Waals surface area contributed by atoms with Crippen LogP contribution in [-0.2, 0) is 23.9 Å². The molecule has 1 amide bonds. The SMILES string of the molecule is CC(N)C(=O)O.CC1C(=O)OC(c2ccccc2)N1C(=O)c1ccccc1.CC1CC(c2ccccc2)OC1=O. The zero-order valence-electron chi connectivity index (χ0n) is 22.7. The number of esters is 2. The van der Waals surface area contributed by atoms with E-state index in [0.717, 1.165) is 17.5 Å². The Balaban J connectivity index is 0.000000197. The average Bonchev–Trinajstić information content (AvgIpc) is 3.47. The minimum absolute atomic E-state index is 0.0244. The Hall–Kier alpha value is -4.50. The molecule has 2 saturated heterocycles. The lowest BCUT2D eigenvalue weighted by molar-refractivity contribution is -0.144. The van der Waals surface area contributed by atoms with E-state index in [9.17, 15) is 19.2 Å². The highest BCUT2D eigenvalue weighted by Gasteiger charge is 2.43. The monoisotopic (exact) mass is 546 g/mol. The summed E-state index contributed by atoms with van der Waals surface area (Å²) >= 11 is 0. The van der Waals surface area contributed by atoms with Crippen LogP contribution in [0.3, 0.4) is 0 Å². The number of rotatable bonds is 4. The standard InChI is InChI=1S/C17H15NO3.C11H12O2.C3H7NO2/c1-12-17(20)21-16(14-10-6-3-7-11-14)18(12)15(19)13-8-4-2-5-9-13;1-8-7-10(13-11(8)12)9-5-3-2-4-6-9;1-2(4)3(5)6/h2-12,16H,1H3;2-6,8,10H,7H2,1H3;2H,4H2,1H3,(H,5,6). The second-order valence-electron chi connectivity index (χ2n) is 9.55. The Morgan fingerprint density at radius 3 is 1.75 bits per heavy atom. The molecule has 2 heterocycles. The van der Waals surface area contributed by atoms with Gasteiger partial charge in [-0.2, -0.15) is 0 Å². The van der Waals surface area contributed by atoms with Crippen molar-refractivity contribution < 1.29 is 33.8 Å². The van der Waals surface area contributed by atoms with Gasteiger partial charge in [-0.25, -0.2) is 4.79 Å². The first-order valence-electron chi connectivity index (χ1n) is 13.0. The number of cyclic esters (lactones) is 2. The van der Waals surface area contributed by atoms with Crippen molar-refractivity contribution in [3.8, 4) is 0 Å². The molecule has 2 fully saturated rings. The number of nitrogens with two attached hydrogens (primary N) is 1. The van der Waals surface area contributed by atoms with Crippen LogP contribution in [0.15, 0.2) is 91.0 Å². The predicted octanol–water partition coefficient (Wildman–Crippen LogP) is 4.50. The predicted molar refractivity (Wildman–Crippen MR) is 148 cm³/mol. The number of carboxylic acids is 1. The molecule has 0 aliphatic carbocycles. The number of carboxylic acid groups (broad SMARTS) is 1. The molecule has 0 aromatic heterocycles. The van der Waals surface area contributed by atoms with Gasteiger partial charge in [0.05, 0.1) is 5.92 Å². The van der Waals surface area contributed by atoms with Crippen molar-refractivity contribution in [2.75, 3.05) is 0 Å². The van der Waals surface area contributed by atoms with E-state index >= 15 is 0 Å². The highest BCUT2D eigenvalue weighted by molar-refractivity contribution is 5.98. The first-order chi connectivity index (χ1) is 19.1. The first kappa shape index (κ1) is 30.0. The number of carbonyl (C=O) groups excluding carboxylic acids is 3. The largest absolute Gasteiger partial charge is 0.480 e. The zero-order chi connectivity index (χ0) is 29.2. The van der Waals surface area contributed by atoms with Crippen LogP contribution in [0, 0.1) is 5.92 Å². The quantitative estimate of drug-likeness (QED) is 0.457. The van der Waals surface area contributed by atoms with Crippen molar-refractivity contribution in [1.29, 1.82) is 0 Å². The molecule has 0 spiro atoms. The van der Waals surface area contributed by atoms with Crippen molar-refractivity contribution in [2.24, 2.45) is 11.7 Å². The van der Waals surface area contributed by atoms with Gasteiger partial charge in [0, 0.05) is 17.5 Å². The van der Waals surface area contributed by atoms with E-state index in [2.05, 4.69) is 0 Å². The maximum absolute atomic E-state index is 12.7. The van der Waals surface area contributed by atoms with Crippen LogP contribution >= 0.6 is 0 Å². The van der Waals surface area contributed by atoms with Crippen molar-refractivity contribution in [3.05, 3.63) is 108 Å². The minimum atomic E-state index is -0.963. The third kappa shape index (κ3) is 7.77. The molecule has 5 unspecified atom stereocenters. The summed E-state index contributed by atoms with van der Waals surface area (Å²) in [7, 11) is 0. The topological polar surface area (TPSA) is 136 Å². The van der Waals surface area contributed by atoms with Crippen LogP contribution in [-0.4, -0.2) is 45.9 Å². The molecule has 9 nitrogen and oxygen atoms in total. The molecule has 9 heteroatoms. The van der Waals surface area contributed by atoms with E-state index in [0.29, 0.717) is 5.56 Å². The molecule has 2 aliphatic rings. The van der Waals surface area contributed by atoms with Gasteiger partial charge < -0.3 is 20.3 Å². The van der Waals surface area contributed by atoms with Gasteiger partial charge in [-0.05, 0) is 31.5 Å². The number of benzene rings is 3. The Morgan fingerprint density at radius 1 is 0.825 bits per heavy atom. The molecule has 3 aromatic carbocycles. The second-order valence-corrected chi connectivity index (χ2v) is 9.55. The highest BCUT2D eigenvalue weighted by atomic mass is 16.6. The molecule has 3 aromatic rings. The summed E-state index contributed by atoms with van der Waals surface area (Å²) in [4.78, 5) is 46.8. The molecule has 0 radical (unpaired) electrons. The molecule has 0 saturated carbocycles. The van der Waals surface area contributed by atoms with Crippen LogP contribution in [0.1, 0.15) is 61.0 Å². The molecular weight excluding hydrogens is 512 g/mol. The van der Waals surface area contributed by atoms with E-state index in [1.54, 1.807) is 31.2 Å². The highest BCUT2D eigenvalue weighted by Crippen LogP contribution is 2.33. The summed E-state index contributed by atoms with van der Waals surface area (Å²) in [6.07, 6.45) is 0.119. The number of nitrogens with zero attached hydrogens (tertiary/aromatic N) is 1. The van der Waals surface area contributed by atoms with Crippen LogP contribution in [0.2, 0.25) is 0 Å². The lowest BCUT2D eigenvalue weighted by Gasteiger charge is -2.24. The fourth-order valence-electron chi connectivity index (χ4n) is 4.03. The van der Waals surface area contributed by atoms with Crippen molar-refractivity contribution >= 4 is 23.8 Å². The molecular formula is C31H34N2O7. The van der Waals surface area contributed by atoms with Gasteiger partial charge in [-0.3, -0.25) is 19.3 Å². The minimum Gasteiger partial charge on any atom is -0.480 e. The molecule has 2 aliphatic heterocycles. The number of amides is 1. The lowest BCUT2D eigenvalue weighted by Crippen LogP contribution is -2.37. The Morgan fingerprint density at radius 2 is 1.30 bits per heavy atom. The van der Waals surface area contributed by atoms with E-state index in [4.69, 9.17) is 20.3 Å². The summed E-state index contributed by atoms with van der Waals surface area (Å²) in [5.41, 5.74) is 7.27. The maximum atomic E-state index is 12.7. The lowest BCUT2D eigenvalue weighted by atomic mass is 10.0. The van der Waals surface area contributed by atoms with Crippen LogP contribution in [0.4, 0.5) is 0 Å². The third-order valence-electron chi connectivity index (χ3n) is 6.37. The number of ether oxygens (including phenoxy) is 2. The van der Waals surface area contributed by atoms with Crippen molar-refractivity contribution in [2.45, 2.75) is 51.6 Å². The van der Waals surface area contributed by atoms with Gasteiger partial charge in [0.15, 0.2) is 0 Å². The normalized spacial score (nSPS) is 22.1. The van der Waals surface area contributed by atoms with Gasteiger partial charge in [-0.15, -0.1) is 0 Å². The molecule has 210 valence electrons. The van der Waals surface area contributed by atoms with E-state index in [1.165, 1.54) is 11.8 Å². The molecule has 40 heavy (non-hydrogen) atoms. The molecule has 3 N–H and O–H groups in total. The summed E-state index contributed by atoms with van der Waals surface area (Å²) < 4.78 is 10.6. The number of hydrogen-bond donors (Lipinski definition) is 2. The van der Waals surface area contributed by atoms with Crippen LogP contribution in [0.5, 0.6) is 0 Å². The Bertz CT molecular complexity index is 1280. The van der Waals surface area contributed by atoms with Crippen LogP contribution < -0.4 is 5.73 Å². The van der Waals surface area contributed by atoms with Gasteiger partial charge in [-0.1, -0.05) is 85.8 Å². The molecule has 0 bridgehead atoms. The fraction of sp³-hybridized carbons (Fsp3) is 0.290. The smallest absolute Gasteiger partial charge is 0.330 e. The van der Waals surface area contributed by atoms with Crippen LogP contribution in [0.25, 0.3) is 0 Å². The molecule has 5 atom stereocenters. The van der Waals surface area contributed by atoms with Crippen molar-refractivity contribution in [3.63, 3.8) is 0 Å². The average molecular weight is 547 g/mol. The van der Waals surface area contributed by atoms with Gasteiger partial charge in [0.2, 0.25) is 6.23 Å². The first-order valence-corrected chi connectivity index (χ1v) is 13.0. The Kier molecular flexibility index (Phi) is 10.6. The summed E-state index contributed by atoms with van der Waals surface area (Å²) in [5.74, 6) is -1.58.